The second-order valence-corrected chi connectivity index (χ2v) is 4.97. The predicted molar refractivity (Wildman–Crippen MR) is 57.5 cm³/mol. The van der Waals surface area contributed by atoms with Crippen molar-refractivity contribution in [2.45, 2.75) is 32.4 Å². The molecule has 0 spiro atoms. The van der Waals surface area contributed by atoms with Crippen LogP contribution in [0.2, 0.25) is 0 Å². The molecule has 0 aromatic rings. The Morgan fingerprint density at radius 2 is 2.00 bits per heavy atom. The van der Waals surface area contributed by atoms with E-state index in [1.807, 2.05) is 0 Å². The molecule has 0 aromatic heterocycles. The van der Waals surface area contributed by atoms with Crippen LogP contribution in [0.3, 0.4) is 0 Å². The van der Waals surface area contributed by atoms with Crippen LogP contribution in [0.5, 0.6) is 0 Å². The van der Waals surface area contributed by atoms with Crippen molar-refractivity contribution in [2.24, 2.45) is 0 Å². The number of ether oxygens (including phenoxy) is 1. The van der Waals surface area contributed by atoms with Gasteiger partial charge in [-0.2, -0.15) is 0 Å². The van der Waals surface area contributed by atoms with Crippen molar-refractivity contribution in [2.75, 3.05) is 25.7 Å². The third-order valence-corrected chi connectivity index (χ3v) is 2.78. The SMILES string of the molecule is COCCC(C)NC(C)CS(C)=O. The van der Waals surface area contributed by atoms with E-state index in [0.29, 0.717) is 12.1 Å². The third-order valence-electron chi connectivity index (χ3n) is 1.81. The zero-order chi connectivity index (χ0) is 10.3. The first-order valence-corrected chi connectivity index (χ1v) is 6.34. The lowest BCUT2D eigenvalue weighted by Gasteiger charge is -2.18. The highest BCUT2D eigenvalue weighted by Gasteiger charge is 2.07. The zero-order valence-electron chi connectivity index (χ0n) is 9.00. The van der Waals surface area contributed by atoms with Crippen LogP contribution in [-0.4, -0.2) is 42.0 Å². The van der Waals surface area contributed by atoms with Crippen LogP contribution >= 0.6 is 0 Å². The van der Waals surface area contributed by atoms with Crippen LogP contribution < -0.4 is 5.32 Å². The van der Waals surface area contributed by atoms with Crippen LogP contribution in [0.15, 0.2) is 0 Å². The number of nitrogens with one attached hydrogen (secondary N) is 1. The normalized spacial score (nSPS) is 18.2. The Bertz CT molecular complexity index is 153. The van der Waals surface area contributed by atoms with Crippen LogP contribution in [0.25, 0.3) is 0 Å². The molecule has 0 aromatic carbocycles. The highest BCUT2D eigenvalue weighted by molar-refractivity contribution is 7.84. The second kappa shape index (κ2) is 7.47. The standard InChI is InChI=1S/C9H21NO2S/c1-8(5-6-12-3)10-9(2)7-13(4)11/h8-10H,5-7H2,1-4H3. The Morgan fingerprint density at radius 3 is 2.46 bits per heavy atom. The molecule has 0 rings (SSSR count). The van der Waals surface area contributed by atoms with Crippen molar-refractivity contribution in [1.29, 1.82) is 0 Å². The van der Waals surface area contributed by atoms with E-state index in [4.69, 9.17) is 4.74 Å². The van der Waals surface area contributed by atoms with Crippen molar-refractivity contribution in [3.8, 4) is 0 Å². The van der Waals surface area contributed by atoms with Crippen LogP contribution in [0.1, 0.15) is 20.3 Å². The van der Waals surface area contributed by atoms with Crippen LogP contribution in [0, 0.1) is 0 Å². The minimum atomic E-state index is -0.712. The largest absolute Gasteiger partial charge is 0.385 e. The lowest BCUT2D eigenvalue weighted by atomic mass is 10.2. The summed E-state index contributed by atoms with van der Waals surface area (Å²) in [6.07, 6.45) is 2.73. The molecule has 0 aliphatic carbocycles. The van der Waals surface area contributed by atoms with E-state index in [-0.39, 0.29) is 0 Å². The van der Waals surface area contributed by atoms with E-state index in [9.17, 15) is 4.21 Å². The quantitative estimate of drug-likeness (QED) is 0.670. The zero-order valence-corrected chi connectivity index (χ0v) is 9.82. The Balaban J connectivity index is 3.52. The minimum absolute atomic E-state index is 0.317. The maximum absolute atomic E-state index is 10.9. The summed E-state index contributed by atoms with van der Waals surface area (Å²) in [5, 5.41) is 3.37. The van der Waals surface area contributed by atoms with Gasteiger partial charge in [-0.3, -0.25) is 4.21 Å². The number of rotatable bonds is 7. The molecule has 1 N–H and O–H groups in total. The van der Waals surface area contributed by atoms with E-state index in [1.54, 1.807) is 13.4 Å². The molecule has 13 heavy (non-hydrogen) atoms. The van der Waals surface area contributed by atoms with Crippen molar-refractivity contribution in [3.63, 3.8) is 0 Å². The maximum Gasteiger partial charge on any atom is 0.0476 e. The maximum atomic E-state index is 10.9. The highest BCUT2D eigenvalue weighted by atomic mass is 32.2. The van der Waals surface area contributed by atoms with E-state index in [0.717, 1.165) is 18.8 Å². The number of hydrogen-bond donors (Lipinski definition) is 1. The second-order valence-electron chi connectivity index (χ2n) is 3.49. The fourth-order valence-corrected chi connectivity index (χ4v) is 2.06. The van der Waals surface area contributed by atoms with Gasteiger partial charge in [0.1, 0.15) is 0 Å². The van der Waals surface area contributed by atoms with Crippen molar-refractivity contribution in [3.05, 3.63) is 0 Å². The summed E-state index contributed by atoms with van der Waals surface area (Å²) >= 11 is 0. The summed E-state index contributed by atoms with van der Waals surface area (Å²) < 4.78 is 15.9. The molecule has 4 heteroatoms. The summed E-state index contributed by atoms with van der Waals surface area (Å²) in [5.74, 6) is 0.720. The average Bonchev–Trinajstić information content (AvgIpc) is 1.98. The molecule has 0 radical (unpaired) electrons. The highest BCUT2D eigenvalue weighted by Crippen LogP contribution is 1.94. The van der Waals surface area contributed by atoms with Gasteiger partial charge >= 0.3 is 0 Å². The van der Waals surface area contributed by atoms with Crippen LogP contribution in [-0.2, 0) is 15.5 Å². The van der Waals surface area contributed by atoms with Gasteiger partial charge in [0.05, 0.1) is 0 Å². The van der Waals surface area contributed by atoms with Gasteiger partial charge in [-0.05, 0) is 20.3 Å². The smallest absolute Gasteiger partial charge is 0.0476 e. The molecule has 0 saturated carbocycles. The molecule has 0 saturated heterocycles. The first kappa shape index (κ1) is 13.1. The molecule has 0 amide bonds. The molecule has 0 fully saturated rings. The molecule has 80 valence electrons. The Morgan fingerprint density at radius 1 is 1.38 bits per heavy atom. The fourth-order valence-electron chi connectivity index (χ4n) is 1.26. The Hall–Kier alpha value is 0.0700. The van der Waals surface area contributed by atoms with Gasteiger partial charge in [0.15, 0.2) is 0 Å². The summed E-state index contributed by atoms with van der Waals surface area (Å²) in [6, 6.07) is 0.746. The number of hydrogen-bond acceptors (Lipinski definition) is 3. The third kappa shape index (κ3) is 8.40. The van der Waals surface area contributed by atoms with E-state index < -0.39 is 10.8 Å². The number of methoxy groups -OCH3 is 1. The summed E-state index contributed by atoms with van der Waals surface area (Å²) in [5.41, 5.74) is 0. The van der Waals surface area contributed by atoms with E-state index in [2.05, 4.69) is 19.2 Å². The molecular weight excluding hydrogens is 186 g/mol. The van der Waals surface area contributed by atoms with E-state index in [1.165, 1.54) is 0 Å². The van der Waals surface area contributed by atoms with Gasteiger partial charge < -0.3 is 10.1 Å². The summed E-state index contributed by atoms with van der Waals surface area (Å²) in [6.45, 7) is 4.95. The minimum Gasteiger partial charge on any atom is -0.385 e. The first-order valence-electron chi connectivity index (χ1n) is 4.61. The Kier molecular flexibility index (Phi) is 7.51. The summed E-state index contributed by atoms with van der Waals surface area (Å²) in [7, 11) is 0.994. The van der Waals surface area contributed by atoms with Gasteiger partial charge in [0.25, 0.3) is 0 Å². The molecule has 0 aliphatic heterocycles. The average molecular weight is 207 g/mol. The van der Waals surface area contributed by atoms with Gasteiger partial charge in [0, 0.05) is 48.6 Å². The van der Waals surface area contributed by atoms with E-state index >= 15 is 0 Å². The molecule has 3 atom stereocenters. The van der Waals surface area contributed by atoms with Crippen molar-refractivity contribution in [1.82, 2.24) is 5.32 Å². The fraction of sp³-hybridized carbons (Fsp3) is 1.00. The van der Waals surface area contributed by atoms with Crippen LogP contribution in [0.4, 0.5) is 0 Å². The topological polar surface area (TPSA) is 38.3 Å². The van der Waals surface area contributed by atoms with Crippen molar-refractivity contribution < 1.29 is 8.95 Å². The Labute approximate surface area is 83.7 Å². The summed E-state index contributed by atoms with van der Waals surface area (Å²) in [4.78, 5) is 0. The first-order chi connectivity index (χ1) is 6.06. The van der Waals surface area contributed by atoms with Gasteiger partial charge in [-0.1, -0.05) is 0 Å². The van der Waals surface area contributed by atoms with Gasteiger partial charge in [-0.15, -0.1) is 0 Å². The molecule has 0 heterocycles. The van der Waals surface area contributed by atoms with Gasteiger partial charge in [0.2, 0.25) is 0 Å². The molecule has 3 unspecified atom stereocenters. The molecule has 0 bridgehead atoms. The van der Waals surface area contributed by atoms with Gasteiger partial charge in [-0.25, -0.2) is 0 Å². The molecule has 0 aliphatic rings. The monoisotopic (exact) mass is 207 g/mol. The molecular formula is C9H21NO2S. The molecule has 3 nitrogen and oxygen atoms in total. The van der Waals surface area contributed by atoms with Crippen molar-refractivity contribution >= 4 is 10.8 Å². The lowest BCUT2D eigenvalue weighted by molar-refractivity contribution is 0.183. The predicted octanol–water partition coefficient (Wildman–Crippen LogP) is 0.768. The lowest BCUT2D eigenvalue weighted by Crippen LogP contribution is -2.38.